The third-order valence-electron chi connectivity index (χ3n) is 3.66. The summed E-state index contributed by atoms with van der Waals surface area (Å²) in [5.74, 6) is 0.209. The summed E-state index contributed by atoms with van der Waals surface area (Å²) in [7, 11) is 0. The lowest BCUT2D eigenvalue weighted by molar-refractivity contribution is -0.131. The highest BCUT2D eigenvalue weighted by molar-refractivity contribution is 6.13. The van der Waals surface area contributed by atoms with Gasteiger partial charge in [-0.3, -0.25) is 4.79 Å². The maximum Gasteiger partial charge on any atom is 0.219 e. The highest BCUT2D eigenvalue weighted by atomic mass is 35.5. The van der Waals surface area contributed by atoms with Crippen molar-refractivity contribution in [2.24, 2.45) is 5.41 Å². The number of carbonyl (C=O) groups is 1. The zero-order valence-electron chi connectivity index (χ0n) is 8.63. The van der Waals surface area contributed by atoms with Crippen molar-refractivity contribution in [3.05, 3.63) is 0 Å². The molecule has 0 N–H and O–H groups in total. The first-order chi connectivity index (χ1) is 6.61. The van der Waals surface area contributed by atoms with Gasteiger partial charge in [-0.2, -0.15) is 0 Å². The molecule has 2 rings (SSSR count). The van der Waals surface area contributed by atoms with Crippen LogP contribution in [0.3, 0.4) is 0 Å². The number of hydrogen-bond acceptors (Lipinski definition) is 2. The zero-order chi connectivity index (χ0) is 10.2. The van der Waals surface area contributed by atoms with Gasteiger partial charge in [-0.05, 0) is 36.5 Å². The molecule has 0 atom stereocenters. The molecule has 2 saturated heterocycles. The fraction of sp³-hybridized carbons (Fsp3) is 0.900. The number of hydrogen-bond donors (Lipinski definition) is 0. The second-order valence-corrected chi connectivity index (χ2v) is 5.08. The summed E-state index contributed by atoms with van der Waals surface area (Å²) in [4.78, 5) is 13.1. The van der Waals surface area contributed by atoms with Crippen LogP contribution in [0.1, 0.15) is 26.2 Å². The first kappa shape index (κ1) is 10.2. The molecular formula is C10H17ClN2O. The van der Waals surface area contributed by atoms with Gasteiger partial charge < -0.3 is 4.90 Å². The Kier molecular flexibility index (Phi) is 2.71. The van der Waals surface area contributed by atoms with Crippen LogP contribution in [-0.2, 0) is 4.79 Å². The lowest BCUT2D eigenvalue weighted by Gasteiger charge is -2.38. The maximum absolute atomic E-state index is 11.2. The minimum atomic E-state index is 0.209. The summed E-state index contributed by atoms with van der Waals surface area (Å²) in [6.45, 7) is 5.49. The van der Waals surface area contributed by atoms with E-state index in [2.05, 4.69) is 0 Å². The Morgan fingerprint density at radius 3 is 2.21 bits per heavy atom. The molecule has 0 radical (unpaired) electrons. The Morgan fingerprint density at radius 1 is 1.21 bits per heavy atom. The van der Waals surface area contributed by atoms with Gasteiger partial charge in [0, 0.05) is 33.1 Å². The molecule has 2 aliphatic heterocycles. The average Bonchev–Trinajstić information content (AvgIpc) is 2.48. The van der Waals surface area contributed by atoms with Crippen LogP contribution >= 0.6 is 11.8 Å². The Balaban J connectivity index is 1.92. The third-order valence-corrected chi connectivity index (χ3v) is 3.95. The first-order valence-corrected chi connectivity index (χ1v) is 5.61. The molecule has 0 aromatic rings. The average molecular weight is 217 g/mol. The molecule has 2 heterocycles. The number of carbonyl (C=O) groups excluding carboxylic acids is 1. The molecule has 80 valence electrons. The number of rotatable bonds is 0. The minimum Gasteiger partial charge on any atom is -0.343 e. The SMILES string of the molecule is CC(=O)N1CCC2(CCN(Cl)C2)CC1. The fourth-order valence-corrected chi connectivity index (χ4v) is 2.92. The van der Waals surface area contributed by atoms with E-state index in [0.717, 1.165) is 39.0 Å². The molecule has 0 aromatic heterocycles. The fourth-order valence-electron chi connectivity index (χ4n) is 2.58. The molecule has 2 aliphatic rings. The van der Waals surface area contributed by atoms with Crippen LogP contribution in [-0.4, -0.2) is 41.4 Å². The number of halogens is 1. The van der Waals surface area contributed by atoms with Gasteiger partial charge in [0.15, 0.2) is 0 Å². The van der Waals surface area contributed by atoms with Gasteiger partial charge in [-0.15, -0.1) is 0 Å². The van der Waals surface area contributed by atoms with Gasteiger partial charge in [0.05, 0.1) is 0 Å². The second-order valence-electron chi connectivity index (χ2n) is 4.60. The summed E-state index contributed by atoms with van der Waals surface area (Å²) in [5, 5.41) is 0. The highest BCUT2D eigenvalue weighted by Gasteiger charge is 2.40. The van der Waals surface area contributed by atoms with E-state index < -0.39 is 0 Å². The van der Waals surface area contributed by atoms with E-state index in [1.165, 1.54) is 6.42 Å². The van der Waals surface area contributed by atoms with Crippen molar-refractivity contribution in [1.82, 2.24) is 9.32 Å². The van der Waals surface area contributed by atoms with Gasteiger partial charge in [0.1, 0.15) is 0 Å². The van der Waals surface area contributed by atoms with Crippen molar-refractivity contribution in [3.8, 4) is 0 Å². The van der Waals surface area contributed by atoms with Crippen molar-refractivity contribution in [1.29, 1.82) is 0 Å². The largest absolute Gasteiger partial charge is 0.343 e. The van der Waals surface area contributed by atoms with E-state index in [-0.39, 0.29) is 5.91 Å². The van der Waals surface area contributed by atoms with Gasteiger partial charge in [0.25, 0.3) is 0 Å². The second kappa shape index (κ2) is 3.70. The lowest BCUT2D eigenvalue weighted by Crippen LogP contribution is -2.42. The smallest absolute Gasteiger partial charge is 0.219 e. The van der Waals surface area contributed by atoms with Crippen molar-refractivity contribution >= 4 is 17.7 Å². The van der Waals surface area contributed by atoms with Crippen LogP contribution < -0.4 is 0 Å². The van der Waals surface area contributed by atoms with Crippen molar-refractivity contribution in [3.63, 3.8) is 0 Å². The Morgan fingerprint density at radius 2 is 1.79 bits per heavy atom. The summed E-state index contributed by atoms with van der Waals surface area (Å²) < 4.78 is 1.89. The lowest BCUT2D eigenvalue weighted by atomic mass is 9.78. The molecule has 3 nitrogen and oxygen atoms in total. The quantitative estimate of drug-likeness (QED) is 0.573. The van der Waals surface area contributed by atoms with E-state index >= 15 is 0 Å². The summed E-state index contributed by atoms with van der Waals surface area (Å²) in [6, 6.07) is 0. The highest BCUT2D eigenvalue weighted by Crippen LogP contribution is 2.40. The number of piperidine rings is 1. The predicted octanol–water partition coefficient (Wildman–Crippen LogP) is 1.47. The van der Waals surface area contributed by atoms with Gasteiger partial charge in [-0.1, -0.05) is 0 Å². The molecule has 2 fully saturated rings. The van der Waals surface area contributed by atoms with Crippen LogP contribution in [0, 0.1) is 5.41 Å². The normalized spacial score (nSPS) is 27.1. The molecular weight excluding hydrogens is 200 g/mol. The molecule has 0 unspecified atom stereocenters. The third kappa shape index (κ3) is 1.89. The standard InChI is InChI=1S/C10H17ClN2O/c1-9(14)12-5-2-10(3-6-12)4-7-13(11)8-10/h2-8H2,1H3. The van der Waals surface area contributed by atoms with Crippen LogP contribution in [0.15, 0.2) is 0 Å². The number of amides is 1. The molecule has 0 aliphatic carbocycles. The van der Waals surface area contributed by atoms with Gasteiger partial charge in [-0.25, -0.2) is 4.42 Å². The van der Waals surface area contributed by atoms with Crippen LogP contribution in [0.25, 0.3) is 0 Å². The molecule has 1 spiro atoms. The Hall–Kier alpha value is -0.280. The molecule has 0 saturated carbocycles. The first-order valence-electron chi connectivity index (χ1n) is 5.28. The van der Waals surface area contributed by atoms with Crippen molar-refractivity contribution in [2.45, 2.75) is 26.2 Å². The van der Waals surface area contributed by atoms with E-state index in [1.807, 2.05) is 9.32 Å². The maximum atomic E-state index is 11.2. The van der Waals surface area contributed by atoms with Crippen LogP contribution in [0.2, 0.25) is 0 Å². The number of nitrogens with zero attached hydrogens (tertiary/aromatic N) is 2. The zero-order valence-corrected chi connectivity index (χ0v) is 9.39. The van der Waals surface area contributed by atoms with E-state index in [0.29, 0.717) is 5.41 Å². The van der Waals surface area contributed by atoms with E-state index in [1.54, 1.807) is 6.92 Å². The van der Waals surface area contributed by atoms with Crippen molar-refractivity contribution < 1.29 is 4.79 Å². The van der Waals surface area contributed by atoms with Gasteiger partial charge >= 0.3 is 0 Å². The Labute approximate surface area is 90.1 Å². The van der Waals surface area contributed by atoms with E-state index in [9.17, 15) is 4.79 Å². The number of likely N-dealkylation sites (tertiary alicyclic amines) is 1. The monoisotopic (exact) mass is 216 g/mol. The minimum absolute atomic E-state index is 0.209. The summed E-state index contributed by atoms with van der Waals surface area (Å²) in [5.41, 5.74) is 0.410. The summed E-state index contributed by atoms with van der Waals surface area (Å²) in [6.07, 6.45) is 3.44. The molecule has 0 aromatic carbocycles. The van der Waals surface area contributed by atoms with Crippen LogP contribution in [0.5, 0.6) is 0 Å². The van der Waals surface area contributed by atoms with Gasteiger partial charge in [0.2, 0.25) is 5.91 Å². The van der Waals surface area contributed by atoms with Crippen molar-refractivity contribution in [2.75, 3.05) is 26.2 Å². The topological polar surface area (TPSA) is 23.6 Å². The molecule has 0 bridgehead atoms. The molecule has 1 amide bonds. The van der Waals surface area contributed by atoms with Crippen LogP contribution in [0.4, 0.5) is 0 Å². The van der Waals surface area contributed by atoms with E-state index in [4.69, 9.17) is 11.8 Å². The molecule has 4 heteroatoms. The predicted molar refractivity (Wildman–Crippen MR) is 56.0 cm³/mol. The summed E-state index contributed by atoms with van der Waals surface area (Å²) >= 11 is 5.99. The Bertz CT molecular complexity index is 236. The molecule has 14 heavy (non-hydrogen) atoms.